The van der Waals surface area contributed by atoms with Crippen molar-refractivity contribution >= 4 is 47.2 Å². The number of β-lactam (4-membered cyclic amide) rings is 1. The molecule has 4 rings (SSSR count). The molecule has 0 aliphatic carbocycles. The largest absolute Gasteiger partial charge is 0.462 e. The molecule has 13 heteroatoms. The summed E-state index contributed by atoms with van der Waals surface area (Å²) in [5.74, 6) is -3.12. The van der Waals surface area contributed by atoms with Crippen LogP contribution in [-0.2, 0) is 33.4 Å². The number of fused-ring (bicyclic) bond motifs is 1. The maximum atomic E-state index is 13.4. The summed E-state index contributed by atoms with van der Waals surface area (Å²) in [7, 11) is 0. The van der Waals surface area contributed by atoms with Crippen LogP contribution in [0.1, 0.15) is 58.3 Å². The van der Waals surface area contributed by atoms with Gasteiger partial charge in [0.25, 0.3) is 0 Å². The lowest BCUT2D eigenvalue weighted by atomic mass is 9.79. The van der Waals surface area contributed by atoms with Gasteiger partial charge in [-0.05, 0) is 51.3 Å². The van der Waals surface area contributed by atoms with Crippen molar-refractivity contribution in [2.75, 3.05) is 25.1 Å². The van der Waals surface area contributed by atoms with Gasteiger partial charge in [-0.1, -0.05) is 26.8 Å². The predicted molar refractivity (Wildman–Crippen MR) is 164 cm³/mol. The Morgan fingerprint density at radius 3 is 2.45 bits per heavy atom. The molecule has 2 fully saturated rings. The number of nitrogens with two attached hydrogens (primary N) is 1. The van der Waals surface area contributed by atoms with Crippen LogP contribution in [0.15, 0.2) is 34.9 Å². The number of hydrogen-bond acceptors (Lipinski definition) is 11. The molecular weight excluding hydrogens is 588 g/mol. The fourth-order valence-electron chi connectivity index (χ4n) is 5.80. The van der Waals surface area contributed by atoms with E-state index in [1.54, 1.807) is 45.0 Å². The zero-order valence-electron chi connectivity index (χ0n) is 26.0. The molecule has 0 unspecified atom stereocenters. The summed E-state index contributed by atoms with van der Waals surface area (Å²) >= 11 is 1.46. The van der Waals surface area contributed by atoms with Crippen molar-refractivity contribution in [2.45, 2.75) is 77.4 Å². The van der Waals surface area contributed by atoms with Crippen LogP contribution in [0, 0.1) is 17.8 Å². The van der Waals surface area contributed by atoms with Gasteiger partial charge in [0.1, 0.15) is 17.8 Å². The van der Waals surface area contributed by atoms with Gasteiger partial charge in [0.2, 0.25) is 11.8 Å². The molecule has 12 nitrogen and oxygen atoms in total. The third-order valence-electron chi connectivity index (χ3n) is 8.20. The van der Waals surface area contributed by atoms with Crippen LogP contribution < -0.4 is 16.4 Å². The molecule has 1 aromatic carbocycles. The first-order valence-electron chi connectivity index (χ1n) is 15.1. The van der Waals surface area contributed by atoms with E-state index in [1.807, 2.05) is 20.8 Å². The zero-order chi connectivity index (χ0) is 32.3. The minimum Gasteiger partial charge on any atom is -0.462 e. The fourth-order valence-corrected chi connectivity index (χ4v) is 7.28. The van der Waals surface area contributed by atoms with E-state index in [1.165, 1.54) is 16.7 Å². The Kier molecular flexibility index (Phi) is 10.7. The SMILES string of the molecule is CCOC(=O)C1=C(S[C@@H]2CN[C@H](C(=O)Nc3cccc(C(=O)OCC)c3)C2)[C@H](C)[C@@H]2[C@@H]([C@@H](C)OC(=O)[C@@H](N)C(C)C)C(=O)N12. The second kappa shape index (κ2) is 14.1. The van der Waals surface area contributed by atoms with Crippen LogP contribution in [0.5, 0.6) is 0 Å². The highest BCUT2D eigenvalue weighted by atomic mass is 32.2. The lowest BCUT2D eigenvalue weighted by Gasteiger charge is -2.47. The van der Waals surface area contributed by atoms with E-state index >= 15 is 0 Å². The molecule has 2 saturated heterocycles. The summed E-state index contributed by atoms with van der Waals surface area (Å²) < 4.78 is 16.0. The number of esters is 3. The van der Waals surface area contributed by atoms with Gasteiger partial charge in [0, 0.05) is 28.3 Å². The molecule has 0 aromatic heterocycles. The van der Waals surface area contributed by atoms with Crippen molar-refractivity contribution in [2.24, 2.45) is 23.5 Å². The van der Waals surface area contributed by atoms with Gasteiger partial charge in [-0.2, -0.15) is 0 Å². The van der Waals surface area contributed by atoms with Gasteiger partial charge in [-0.25, -0.2) is 9.59 Å². The van der Waals surface area contributed by atoms with Gasteiger partial charge >= 0.3 is 17.9 Å². The number of ether oxygens (including phenoxy) is 3. The van der Waals surface area contributed by atoms with Crippen LogP contribution >= 0.6 is 11.8 Å². The summed E-state index contributed by atoms with van der Waals surface area (Å²) in [5.41, 5.74) is 7.00. The summed E-state index contributed by atoms with van der Waals surface area (Å²) in [6.45, 7) is 11.6. The second-order valence-corrected chi connectivity index (χ2v) is 12.9. The van der Waals surface area contributed by atoms with E-state index in [0.29, 0.717) is 24.2 Å². The predicted octanol–water partition coefficient (Wildman–Crippen LogP) is 2.43. The minimum atomic E-state index is -0.800. The van der Waals surface area contributed by atoms with Crippen molar-refractivity contribution in [1.29, 1.82) is 0 Å². The standard InChI is InChI=1S/C31H42N4O8S/c1-7-41-29(38)18-10-9-11-19(12-18)34-27(36)21-13-20(14-33-21)44-26-16(5)24-22(17(6)43-30(39)23(32)15(3)4)28(37)35(24)25(26)31(40)42-8-2/h9-12,15-17,20-24,33H,7-8,13-14,32H2,1-6H3,(H,34,36)/t16-,17-,20+,21+,22-,23+,24-/m1/s1. The van der Waals surface area contributed by atoms with Crippen LogP contribution in [0.3, 0.4) is 0 Å². The van der Waals surface area contributed by atoms with Gasteiger partial charge < -0.3 is 35.5 Å². The Hall–Kier alpha value is -3.42. The number of hydrogen-bond donors (Lipinski definition) is 3. The van der Waals surface area contributed by atoms with E-state index < -0.39 is 42.0 Å². The Labute approximate surface area is 261 Å². The maximum absolute atomic E-state index is 13.4. The van der Waals surface area contributed by atoms with Crippen molar-refractivity contribution in [3.8, 4) is 0 Å². The monoisotopic (exact) mass is 630 g/mol. The highest BCUT2D eigenvalue weighted by molar-refractivity contribution is 8.03. The molecule has 0 radical (unpaired) electrons. The number of thioether (sulfide) groups is 1. The number of benzene rings is 1. The molecule has 3 heterocycles. The average Bonchev–Trinajstić information content (AvgIpc) is 3.54. The van der Waals surface area contributed by atoms with E-state index in [9.17, 15) is 24.0 Å². The van der Waals surface area contributed by atoms with E-state index in [4.69, 9.17) is 19.9 Å². The van der Waals surface area contributed by atoms with E-state index in [-0.39, 0.29) is 53.9 Å². The molecule has 1 aromatic rings. The number of nitrogens with one attached hydrogen (secondary N) is 2. The maximum Gasteiger partial charge on any atom is 0.355 e. The quantitative estimate of drug-likeness (QED) is 0.176. The lowest BCUT2D eigenvalue weighted by Crippen LogP contribution is -2.64. The highest BCUT2D eigenvalue weighted by Gasteiger charge is 2.61. The van der Waals surface area contributed by atoms with Gasteiger partial charge in [-0.3, -0.25) is 14.4 Å². The molecule has 3 aliphatic heterocycles. The Balaban J connectivity index is 1.44. The zero-order valence-corrected chi connectivity index (χ0v) is 26.8. The smallest absolute Gasteiger partial charge is 0.355 e. The third kappa shape index (κ3) is 6.79. The van der Waals surface area contributed by atoms with Crippen molar-refractivity contribution in [1.82, 2.24) is 10.2 Å². The van der Waals surface area contributed by atoms with Gasteiger partial charge in [0.05, 0.1) is 36.8 Å². The number of nitrogens with zero attached hydrogens (tertiary/aromatic N) is 1. The average molecular weight is 631 g/mol. The number of rotatable bonds is 12. The van der Waals surface area contributed by atoms with Crippen molar-refractivity contribution in [3.63, 3.8) is 0 Å². The molecule has 7 atom stereocenters. The summed E-state index contributed by atoms with van der Waals surface area (Å²) in [4.78, 5) is 66.4. The Morgan fingerprint density at radius 1 is 1.11 bits per heavy atom. The third-order valence-corrected chi connectivity index (χ3v) is 9.71. The number of amides is 2. The first kappa shape index (κ1) is 33.5. The van der Waals surface area contributed by atoms with Crippen molar-refractivity contribution < 1.29 is 38.2 Å². The molecule has 0 spiro atoms. The summed E-state index contributed by atoms with van der Waals surface area (Å²) in [6, 6.07) is 4.89. The van der Waals surface area contributed by atoms with E-state index in [2.05, 4.69) is 10.6 Å². The van der Waals surface area contributed by atoms with E-state index in [0.717, 1.165) is 4.91 Å². The fraction of sp³-hybridized carbons (Fsp3) is 0.581. The molecule has 2 amide bonds. The molecule has 3 aliphatic rings. The Morgan fingerprint density at radius 2 is 1.80 bits per heavy atom. The van der Waals surface area contributed by atoms with Gasteiger partial charge in [0.15, 0.2) is 0 Å². The van der Waals surface area contributed by atoms with Crippen LogP contribution in [0.25, 0.3) is 0 Å². The minimum absolute atomic E-state index is 0.0648. The van der Waals surface area contributed by atoms with Crippen LogP contribution in [0.4, 0.5) is 5.69 Å². The van der Waals surface area contributed by atoms with Crippen LogP contribution in [0.2, 0.25) is 0 Å². The number of anilines is 1. The summed E-state index contributed by atoms with van der Waals surface area (Å²) in [6.07, 6.45) is -0.247. The lowest BCUT2D eigenvalue weighted by molar-refractivity contribution is -0.173. The highest BCUT2D eigenvalue weighted by Crippen LogP contribution is 2.52. The Bertz CT molecular complexity index is 1330. The molecular formula is C31H42N4O8S. The molecule has 240 valence electrons. The molecule has 0 saturated carbocycles. The van der Waals surface area contributed by atoms with Gasteiger partial charge in [-0.15, -0.1) is 11.8 Å². The topological polar surface area (TPSA) is 166 Å². The molecule has 44 heavy (non-hydrogen) atoms. The number of carbonyl (C=O) groups excluding carboxylic acids is 5. The van der Waals surface area contributed by atoms with Crippen molar-refractivity contribution in [3.05, 3.63) is 40.4 Å². The molecule has 0 bridgehead atoms. The molecule has 4 N–H and O–H groups in total. The summed E-state index contributed by atoms with van der Waals surface area (Å²) in [5, 5.41) is 6.04. The second-order valence-electron chi connectivity index (χ2n) is 11.6. The van der Waals surface area contributed by atoms with Crippen LogP contribution in [-0.4, -0.2) is 83.9 Å². The number of carbonyl (C=O) groups is 5. The first-order valence-corrected chi connectivity index (χ1v) is 16.0. The normalized spacial score (nSPS) is 25.7. The first-order chi connectivity index (χ1) is 20.9.